The second kappa shape index (κ2) is 6.16. The van der Waals surface area contributed by atoms with E-state index in [1.54, 1.807) is 38.1 Å². The number of aromatic nitrogens is 2. The molecule has 1 aromatic heterocycles. The first kappa shape index (κ1) is 17.1. The number of carbonyl (C=O) groups excluding carboxylic acids is 1. The third kappa shape index (κ3) is 3.00. The first-order chi connectivity index (χ1) is 12.4. The van der Waals surface area contributed by atoms with E-state index in [0.717, 1.165) is 12.8 Å². The summed E-state index contributed by atoms with van der Waals surface area (Å²) in [6.45, 7) is 4.37. The molecule has 26 heavy (non-hydrogen) atoms. The van der Waals surface area contributed by atoms with Gasteiger partial charge >= 0.3 is 0 Å². The van der Waals surface area contributed by atoms with Gasteiger partial charge in [-0.15, -0.1) is 0 Å². The van der Waals surface area contributed by atoms with E-state index in [4.69, 9.17) is 4.52 Å². The zero-order valence-electron chi connectivity index (χ0n) is 15.0. The zero-order valence-corrected chi connectivity index (χ0v) is 15.0. The van der Waals surface area contributed by atoms with E-state index in [1.165, 1.54) is 0 Å². The van der Waals surface area contributed by atoms with E-state index < -0.39 is 11.2 Å². The Bertz CT molecular complexity index is 803. The van der Waals surface area contributed by atoms with Crippen LogP contribution in [0.4, 0.5) is 4.39 Å². The van der Waals surface area contributed by atoms with Gasteiger partial charge in [-0.1, -0.05) is 23.4 Å². The topological polar surface area (TPSA) is 80.0 Å². The number of nitrogens with zero attached hydrogens (tertiary/aromatic N) is 2. The number of nitrogens with one attached hydrogen (secondary N) is 2. The van der Waals surface area contributed by atoms with Crippen LogP contribution in [0.15, 0.2) is 34.9 Å². The maximum Gasteiger partial charge on any atom is 0.266 e. The summed E-state index contributed by atoms with van der Waals surface area (Å²) in [6.07, 6.45) is 2.11. The van der Waals surface area contributed by atoms with Crippen molar-refractivity contribution in [1.29, 1.82) is 0 Å². The van der Waals surface area contributed by atoms with Crippen molar-refractivity contribution < 1.29 is 13.7 Å². The fourth-order valence-electron chi connectivity index (χ4n) is 3.62. The van der Waals surface area contributed by atoms with Gasteiger partial charge in [-0.3, -0.25) is 4.79 Å². The molecule has 2 heterocycles. The van der Waals surface area contributed by atoms with Crippen LogP contribution in [0.1, 0.15) is 48.8 Å². The molecule has 2 aliphatic rings. The molecule has 0 bridgehead atoms. The second-order valence-corrected chi connectivity index (χ2v) is 7.81. The van der Waals surface area contributed by atoms with E-state index in [-0.39, 0.29) is 30.1 Å². The zero-order chi connectivity index (χ0) is 18.4. The molecule has 2 atom stereocenters. The summed E-state index contributed by atoms with van der Waals surface area (Å²) in [4.78, 5) is 16.8. The Labute approximate surface area is 151 Å². The molecule has 1 amide bonds. The minimum absolute atomic E-state index is 0.0106. The van der Waals surface area contributed by atoms with E-state index in [1.807, 2.05) is 6.07 Å². The molecule has 2 unspecified atom stereocenters. The summed E-state index contributed by atoms with van der Waals surface area (Å²) >= 11 is 0. The van der Waals surface area contributed by atoms with Gasteiger partial charge in [0.1, 0.15) is 0 Å². The largest absolute Gasteiger partial charge is 0.340 e. The molecule has 2 fully saturated rings. The van der Waals surface area contributed by atoms with Gasteiger partial charge in [-0.25, -0.2) is 4.39 Å². The SMILES string of the molecule is CC(C)(NC(=O)c1ccccc1)c1noc(C2(F)CNCC2C2CC2)n1. The standard InChI is InChI=1S/C19H23FN4O2/c1-18(2,23-15(25)13-6-4-3-5-7-13)16-22-17(26-24-16)19(20)11-21-10-14(19)12-8-9-12/h3-7,12,14,21H,8-11H2,1-2H3,(H,23,25). The number of rotatable bonds is 5. The summed E-state index contributed by atoms with van der Waals surface area (Å²) in [5.41, 5.74) is -1.97. The van der Waals surface area contributed by atoms with E-state index in [0.29, 0.717) is 18.0 Å². The molecule has 0 radical (unpaired) electrons. The summed E-state index contributed by atoms with van der Waals surface area (Å²) in [5, 5.41) is 9.97. The van der Waals surface area contributed by atoms with Crippen LogP contribution in [0.3, 0.4) is 0 Å². The third-order valence-corrected chi connectivity index (χ3v) is 5.33. The fourth-order valence-corrected chi connectivity index (χ4v) is 3.62. The monoisotopic (exact) mass is 358 g/mol. The van der Waals surface area contributed by atoms with Crippen molar-refractivity contribution in [3.8, 4) is 0 Å². The Balaban J connectivity index is 1.54. The molecule has 1 aliphatic carbocycles. The van der Waals surface area contributed by atoms with Crippen LogP contribution >= 0.6 is 0 Å². The summed E-state index contributed by atoms with van der Waals surface area (Å²) in [5.74, 6) is 0.302. The van der Waals surface area contributed by atoms with Gasteiger partial charge in [0.25, 0.3) is 11.8 Å². The van der Waals surface area contributed by atoms with E-state index in [9.17, 15) is 4.79 Å². The minimum atomic E-state index is -1.63. The maximum absolute atomic E-state index is 15.6. The molecular weight excluding hydrogens is 335 g/mol. The first-order valence-corrected chi connectivity index (χ1v) is 9.02. The Morgan fingerprint density at radius 1 is 1.35 bits per heavy atom. The highest BCUT2D eigenvalue weighted by Gasteiger charge is 2.55. The number of halogens is 1. The molecule has 1 saturated carbocycles. The highest BCUT2D eigenvalue weighted by Crippen LogP contribution is 2.49. The predicted molar refractivity (Wildman–Crippen MR) is 93.1 cm³/mol. The Kier molecular flexibility index (Phi) is 4.06. The van der Waals surface area contributed by atoms with Crippen molar-refractivity contribution in [1.82, 2.24) is 20.8 Å². The smallest absolute Gasteiger partial charge is 0.266 e. The van der Waals surface area contributed by atoms with Crippen LogP contribution in [-0.2, 0) is 11.2 Å². The van der Waals surface area contributed by atoms with Crippen molar-refractivity contribution in [2.45, 2.75) is 37.9 Å². The number of alkyl halides is 1. The molecule has 0 spiro atoms. The van der Waals surface area contributed by atoms with Crippen molar-refractivity contribution >= 4 is 5.91 Å². The molecule has 4 rings (SSSR count). The lowest BCUT2D eigenvalue weighted by atomic mass is 9.88. The average molecular weight is 358 g/mol. The highest BCUT2D eigenvalue weighted by atomic mass is 19.1. The van der Waals surface area contributed by atoms with Crippen molar-refractivity contribution in [3.63, 3.8) is 0 Å². The Hall–Kier alpha value is -2.28. The quantitative estimate of drug-likeness (QED) is 0.859. The number of hydrogen-bond acceptors (Lipinski definition) is 5. The van der Waals surface area contributed by atoms with Gasteiger partial charge in [0.2, 0.25) is 5.67 Å². The lowest BCUT2D eigenvalue weighted by Crippen LogP contribution is -2.42. The van der Waals surface area contributed by atoms with Gasteiger partial charge in [0, 0.05) is 24.6 Å². The minimum Gasteiger partial charge on any atom is -0.340 e. The number of amides is 1. The Morgan fingerprint density at radius 2 is 2.08 bits per heavy atom. The normalized spacial score (nSPS) is 26.0. The second-order valence-electron chi connectivity index (χ2n) is 7.81. The molecule has 6 nitrogen and oxygen atoms in total. The van der Waals surface area contributed by atoms with Gasteiger partial charge in [-0.05, 0) is 44.7 Å². The molecular formula is C19H23FN4O2. The van der Waals surface area contributed by atoms with Crippen LogP contribution in [0, 0.1) is 11.8 Å². The van der Waals surface area contributed by atoms with Crippen LogP contribution in [-0.4, -0.2) is 29.1 Å². The average Bonchev–Trinajstić information content (AvgIpc) is 3.17. The molecule has 138 valence electrons. The predicted octanol–water partition coefficient (Wildman–Crippen LogP) is 2.53. The van der Waals surface area contributed by atoms with Gasteiger partial charge < -0.3 is 15.2 Å². The van der Waals surface area contributed by atoms with Gasteiger partial charge in [0.15, 0.2) is 5.82 Å². The first-order valence-electron chi connectivity index (χ1n) is 9.02. The lowest BCUT2D eigenvalue weighted by molar-refractivity contribution is 0.0708. The van der Waals surface area contributed by atoms with Crippen LogP contribution in [0.25, 0.3) is 0 Å². The summed E-state index contributed by atoms with van der Waals surface area (Å²) in [6, 6.07) is 8.90. The summed E-state index contributed by atoms with van der Waals surface area (Å²) < 4.78 is 20.9. The van der Waals surface area contributed by atoms with Crippen molar-refractivity contribution in [2.75, 3.05) is 13.1 Å². The molecule has 7 heteroatoms. The van der Waals surface area contributed by atoms with Crippen LogP contribution < -0.4 is 10.6 Å². The van der Waals surface area contributed by atoms with Crippen LogP contribution in [0.2, 0.25) is 0 Å². The highest BCUT2D eigenvalue weighted by molar-refractivity contribution is 5.94. The summed E-state index contributed by atoms with van der Waals surface area (Å²) in [7, 11) is 0. The fraction of sp³-hybridized carbons (Fsp3) is 0.526. The number of benzene rings is 1. The number of carbonyl (C=O) groups is 1. The van der Waals surface area contributed by atoms with Gasteiger partial charge in [0.05, 0.1) is 5.54 Å². The van der Waals surface area contributed by atoms with Crippen molar-refractivity contribution in [2.24, 2.45) is 11.8 Å². The van der Waals surface area contributed by atoms with Crippen LogP contribution in [0.5, 0.6) is 0 Å². The van der Waals surface area contributed by atoms with Crippen molar-refractivity contribution in [3.05, 3.63) is 47.6 Å². The number of hydrogen-bond donors (Lipinski definition) is 2. The molecule has 1 saturated heterocycles. The molecule has 1 aliphatic heterocycles. The third-order valence-electron chi connectivity index (χ3n) is 5.33. The Morgan fingerprint density at radius 3 is 2.77 bits per heavy atom. The maximum atomic E-state index is 15.6. The molecule has 2 aromatic rings. The lowest BCUT2D eigenvalue weighted by Gasteiger charge is -2.23. The molecule has 2 N–H and O–H groups in total. The van der Waals surface area contributed by atoms with E-state index in [2.05, 4.69) is 20.8 Å². The van der Waals surface area contributed by atoms with E-state index >= 15 is 4.39 Å². The molecule has 1 aromatic carbocycles. The van der Waals surface area contributed by atoms with Gasteiger partial charge in [-0.2, -0.15) is 4.98 Å².